The van der Waals surface area contributed by atoms with Gasteiger partial charge in [0.25, 0.3) is 0 Å². The van der Waals surface area contributed by atoms with Crippen LogP contribution in [0.4, 0.5) is 4.39 Å². The van der Waals surface area contributed by atoms with Gasteiger partial charge in [-0.15, -0.1) is 11.8 Å². The van der Waals surface area contributed by atoms with Gasteiger partial charge in [-0.2, -0.15) is 0 Å². The summed E-state index contributed by atoms with van der Waals surface area (Å²) in [7, 11) is 1.74. The van der Waals surface area contributed by atoms with Crippen LogP contribution >= 0.6 is 11.8 Å². The monoisotopic (exact) mass is 227 g/mol. The zero-order chi connectivity index (χ0) is 11.1. The van der Waals surface area contributed by atoms with Crippen LogP contribution in [0.1, 0.15) is 10.4 Å². The van der Waals surface area contributed by atoms with Gasteiger partial charge in [-0.1, -0.05) is 12.1 Å². The van der Waals surface area contributed by atoms with Crippen LogP contribution in [0.2, 0.25) is 0 Å². The van der Waals surface area contributed by atoms with Crippen LogP contribution in [0, 0.1) is 0 Å². The topological polar surface area (TPSA) is 29.1 Å². The van der Waals surface area contributed by atoms with E-state index in [1.165, 1.54) is 11.8 Å². The first-order valence-electron chi connectivity index (χ1n) is 4.74. The quantitative estimate of drug-likeness (QED) is 0.596. The highest BCUT2D eigenvalue weighted by molar-refractivity contribution is 7.99. The first kappa shape index (κ1) is 12.2. The molecular weight excluding hydrogens is 213 g/mol. The van der Waals surface area contributed by atoms with Crippen molar-refractivity contribution in [1.82, 2.24) is 5.32 Å². The normalized spacial score (nSPS) is 10.3. The Morgan fingerprint density at radius 1 is 1.40 bits per heavy atom. The maximum atomic E-state index is 11.9. The standard InChI is InChI=1S/C11H14FNOS/c1-13-8-11(14)9-2-4-10(5-3-9)15-7-6-12/h2-5,13H,6-8H2,1H3. The number of benzene rings is 1. The van der Waals surface area contributed by atoms with Crippen LogP contribution in [0.15, 0.2) is 29.2 Å². The maximum absolute atomic E-state index is 11.9. The van der Waals surface area contributed by atoms with E-state index in [4.69, 9.17) is 0 Å². The van der Waals surface area contributed by atoms with Crippen molar-refractivity contribution in [1.29, 1.82) is 0 Å². The van der Waals surface area contributed by atoms with Gasteiger partial charge in [0.15, 0.2) is 5.78 Å². The van der Waals surface area contributed by atoms with Crippen LogP contribution in [-0.4, -0.2) is 31.8 Å². The molecule has 0 saturated heterocycles. The van der Waals surface area contributed by atoms with Crippen LogP contribution in [0.3, 0.4) is 0 Å². The Labute approximate surface area is 93.3 Å². The number of likely N-dealkylation sites (N-methyl/N-ethyl adjacent to an activating group) is 1. The predicted molar refractivity (Wildman–Crippen MR) is 61.4 cm³/mol. The van der Waals surface area contributed by atoms with Gasteiger partial charge in [-0.25, -0.2) is 0 Å². The molecule has 1 aromatic rings. The molecule has 0 aliphatic rings. The molecule has 2 nitrogen and oxygen atoms in total. The number of nitrogens with one attached hydrogen (secondary N) is 1. The second kappa shape index (κ2) is 6.58. The molecule has 0 atom stereocenters. The fourth-order valence-corrected chi connectivity index (χ4v) is 1.80. The highest BCUT2D eigenvalue weighted by Crippen LogP contribution is 2.18. The highest BCUT2D eigenvalue weighted by atomic mass is 32.2. The van der Waals surface area contributed by atoms with Crippen molar-refractivity contribution >= 4 is 17.5 Å². The zero-order valence-electron chi connectivity index (χ0n) is 8.63. The minimum Gasteiger partial charge on any atom is -0.313 e. The Bertz CT molecular complexity index is 313. The first-order valence-corrected chi connectivity index (χ1v) is 5.73. The van der Waals surface area contributed by atoms with E-state index in [1.807, 2.05) is 12.1 Å². The summed E-state index contributed by atoms with van der Waals surface area (Å²) in [4.78, 5) is 12.4. The van der Waals surface area contributed by atoms with Crippen LogP contribution < -0.4 is 5.32 Å². The minimum absolute atomic E-state index is 0.0690. The number of ketones is 1. The predicted octanol–water partition coefficient (Wildman–Crippen LogP) is 2.15. The third-order valence-corrected chi connectivity index (χ3v) is 2.82. The van der Waals surface area contributed by atoms with Gasteiger partial charge in [0.05, 0.1) is 13.2 Å². The summed E-state index contributed by atoms with van der Waals surface area (Å²) in [5, 5.41) is 2.81. The van der Waals surface area contributed by atoms with E-state index in [2.05, 4.69) is 5.32 Å². The fraction of sp³-hybridized carbons (Fsp3) is 0.364. The summed E-state index contributed by atoms with van der Waals surface area (Å²) in [6, 6.07) is 7.26. The lowest BCUT2D eigenvalue weighted by atomic mass is 10.1. The van der Waals surface area contributed by atoms with E-state index in [1.54, 1.807) is 19.2 Å². The van der Waals surface area contributed by atoms with Crippen LogP contribution in [0.25, 0.3) is 0 Å². The summed E-state index contributed by atoms with van der Waals surface area (Å²) in [5.41, 5.74) is 0.689. The maximum Gasteiger partial charge on any atom is 0.176 e. The first-order chi connectivity index (χ1) is 7.27. The van der Waals surface area contributed by atoms with E-state index in [9.17, 15) is 9.18 Å². The molecule has 0 unspecified atom stereocenters. The van der Waals surface area contributed by atoms with Crippen molar-refractivity contribution in [2.24, 2.45) is 0 Å². The minimum atomic E-state index is -0.328. The smallest absolute Gasteiger partial charge is 0.176 e. The summed E-state index contributed by atoms with van der Waals surface area (Å²) in [5.74, 6) is 0.531. The van der Waals surface area contributed by atoms with Gasteiger partial charge >= 0.3 is 0 Å². The molecule has 4 heteroatoms. The molecule has 15 heavy (non-hydrogen) atoms. The van der Waals surface area contributed by atoms with Crippen molar-refractivity contribution in [3.8, 4) is 0 Å². The molecule has 0 saturated carbocycles. The molecule has 0 spiro atoms. The molecule has 0 aliphatic carbocycles. The lowest BCUT2D eigenvalue weighted by Gasteiger charge is -2.02. The zero-order valence-corrected chi connectivity index (χ0v) is 9.44. The van der Waals surface area contributed by atoms with E-state index in [-0.39, 0.29) is 12.5 Å². The number of alkyl halides is 1. The summed E-state index contributed by atoms with van der Waals surface area (Å²) in [6.45, 7) is 0.0159. The number of hydrogen-bond acceptors (Lipinski definition) is 3. The Kier molecular flexibility index (Phi) is 5.36. The Morgan fingerprint density at radius 2 is 2.07 bits per heavy atom. The lowest BCUT2D eigenvalue weighted by Crippen LogP contribution is -2.18. The van der Waals surface area contributed by atoms with E-state index in [0.29, 0.717) is 17.9 Å². The SMILES string of the molecule is CNCC(=O)c1ccc(SCCF)cc1. The fourth-order valence-electron chi connectivity index (χ4n) is 1.16. The Hall–Kier alpha value is -0.870. The van der Waals surface area contributed by atoms with Crippen molar-refractivity contribution in [3.05, 3.63) is 29.8 Å². The number of carbonyl (C=O) groups is 1. The van der Waals surface area contributed by atoms with E-state index >= 15 is 0 Å². The molecule has 1 aromatic carbocycles. The summed E-state index contributed by atoms with van der Waals surface area (Å²) in [6.07, 6.45) is 0. The molecule has 0 fully saturated rings. The van der Waals surface area contributed by atoms with Gasteiger partial charge in [-0.3, -0.25) is 9.18 Å². The third kappa shape index (κ3) is 4.01. The molecular formula is C11H14FNOS. The summed E-state index contributed by atoms with van der Waals surface area (Å²) < 4.78 is 11.9. The van der Waals surface area contributed by atoms with Crippen molar-refractivity contribution in [2.75, 3.05) is 26.0 Å². The van der Waals surface area contributed by atoms with E-state index in [0.717, 1.165) is 4.90 Å². The number of thioether (sulfide) groups is 1. The highest BCUT2D eigenvalue weighted by Gasteiger charge is 2.03. The number of Topliss-reactive ketones (excluding diaryl/α,β-unsaturated/α-hetero) is 1. The van der Waals surface area contributed by atoms with Crippen LogP contribution in [-0.2, 0) is 0 Å². The van der Waals surface area contributed by atoms with Crippen molar-refractivity contribution in [3.63, 3.8) is 0 Å². The number of hydrogen-bond donors (Lipinski definition) is 1. The molecule has 0 amide bonds. The molecule has 0 heterocycles. The number of halogens is 1. The molecule has 82 valence electrons. The number of rotatable bonds is 6. The van der Waals surface area contributed by atoms with Gasteiger partial charge in [0, 0.05) is 16.2 Å². The Balaban J connectivity index is 2.59. The largest absolute Gasteiger partial charge is 0.313 e. The van der Waals surface area contributed by atoms with Crippen molar-refractivity contribution < 1.29 is 9.18 Å². The molecule has 1 rings (SSSR count). The Morgan fingerprint density at radius 3 is 2.60 bits per heavy atom. The van der Waals surface area contributed by atoms with Gasteiger partial charge in [0.2, 0.25) is 0 Å². The lowest BCUT2D eigenvalue weighted by molar-refractivity contribution is 0.0993. The summed E-state index contributed by atoms with van der Waals surface area (Å²) >= 11 is 1.45. The molecule has 0 aromatic heterocycles. The molecule has 0 bridgehead atoms. The van der Waals surface area contributed by atoms with Gasteiger partial charge in [0.1, 0.15) is 0 Å². The second-order valence-electron chi connectivity index (χ2n) is 3.02. The third-order valence-electron chi connectivity index (χ3n) is 1.86. The average molecular weight is 227 g/mol. The second-order valence-corrected chi connectivity index (χ2v) is 4.18. The van der Waals surface area contributed by atoms with Crippen molar-refractivity contribution in [2.45, 2.75) is 4.90 Å². The van der Waals surface area contributed by atoms with Crippen LogP contribution in [0.5, 0.6) is 0 Å². The molecule has 0 radical (unpaired) electrons. The van der Waals surface area contributed by atoms with E-state index < -0.39 is 0 Å². The number of carbonyl (C=O) groups excluding carboxylic acids is 1. The van der Waals surface area contributed by atoms with Gasteiger partial charge < -0.3 is 5.32 Å². The average Bonchev–Trinajstić information content (AvgIpc) is 2.27. The molecule has 0 aliphatic heterocycles. The molecule has 1 N–H and O–H groups in total. The van der Waals surface area contributed by atoms with Gasteiger partial charge in [-0.05, 0) is 19.2 Å².